The minimum Gasteiger partial charge on any atom is -0.396 e. The Balaban J connectivity index is 3.79. The summed E-state index contributed by atoms with van der Waals surface area (Å²) in [5, 5.41) is 8.14. The molecule has 0 saturated heterocycles. The SMILES string of the molecule is CS(=O)(=O)c1c(Cl)nc(Cl)c(C#N)c1N. The van der Waals surface area contributed by atoms with Crippen LogP contribution in [0.1, 0.15) is 5.56 Å². The Hall–Kier alpha value is -1.03. The lowest BCUT2D eigenvalue weighted by Crippen LogP contribution is -2.07. The van der Waals surface area contributed by atoms with Crippen molar-refractivity contribution in [3.8, 4) is 6.07 Å². The van der Waals surface area contributed by atoms with Gasteiger partial charge in [0.15, 0.2) is 20.1 Å². The van der Waals surface area contributed by atoms with E-state index in [4.69, 9.17) is 34.2 Å². The summed E-state index contributed by atoms with van der Waals surface area (Å²) in [5.74, 6) is 0. The van der Waals surface area contributed by atoms with Gasteiger partial charge < -0.3 is 5.73 Å². The highest BCUT2D eigenvalue weighted by Crippen LogP contribution is 2.32. The fourth-order valence-electron chi connectivity index (χ4n) is 0.988. The van der Waals surface area contributed by atoms with Crippen LogP contribution in [-0.2, 0) is 9.84 Å². The van der Waals surface area contributed by atoms with Crippen LogP contribution in [0.4, 0.5) is 5.69 Å². The highest BCUT2D eigenvalue weighted by Gasteiger charge is 2.22. The van der Waals surface area contributed by atoms with Gasteiger partial charge >= 0.3 is 0 Å². The van der Waals surface area contributed by atoms with Crippen molar-refractivity contribution in [2.45, 2.75) is 4.90 Å². The van der Waals surface area contributed by atoms with Crippen LogP contribution in [0.2, 0.25) is 10.3 Å². The number of hydrogen-bond donors (Lipinski definition) is 1. The van der Waals surface area contributed by atoms with Crippen molar-refractivity contribution in [1.29, 1.82) is 5.26 Å². The summed E-state index contributed by atoms with van der Waals surface area (Å²) >= 11 is 11.1. The standard InChI is InChI=1S/C7H5Cl2N3O2S/c1-15(13,14)5-4(11)3(2-10)6(8)12-7(5)9/h1H3,(H2,11,12). The number of hydrogen-bond acceptors (Lipinski definition) is 5. The fraction of sp³-hybridized carbons (Fsp3) is 0.143. The van der Waals surface area contributed by atoms with Crippen LogP contribution < -0.4 is 5.73 Å². The van der Waals surface area contributed by atoms with E-state index in [1.54, 1.807) is 6.07 Å². The second kappa shape index (κ2) is 3.85. The number of rotatable bonds is 1. The molecule has 2 N–H and O–H groups in total. The molecule has 1 heterocycles. The van der Waals surface area contributed by atoms with E-state index in [2.05, 4.69) is 4.98 Å². The van der Waals surface area contributed by atoms with E-state index in [0.717, 1.165) is 6.26 Å². The van der Waals surface area contributed by atoms with Crippen LogP contribution in [0, 0.1) is 11.3 Å². The minimum absolute atomic E-state index is 0.193. The number of nitrogen functional groups attached to an aromatic ring is 1. The van der Waals surface area contributed by atoms with Crippen molar-refractivity contribution in [1.82, 2.24) is 4.98 Å². The average molecular weight is 266 g/mol. The Morgan fingerprint density at radius 2 is 1.93 bits per heavy atom. The topological polar surface area (TPSA) is 96.8 Å². The van der Waals surface area contributed by atoms with Gasteiger partial charge in [-0.25, -0.2) is 13.4 Å². The number of pyridine rings is 1. The van der Waals surface area contributed by atoms with Crippen LogP contribution in [0.15, 0.2) is 4.90 Å². The molecule has 0 aliphatic heterocycles. The van der Waals surface area contributed by atoms with Crippen molar-refractivity contribution in [2.75, 3.05) is 12.0 Å². The highest BCUT2D eigenvalue weighted by atomic mass is 35.5. The van der Waals surface area contributed by atoms with Gasteiger partial charge in [-0.2, -0.15) is 5.26 Å². The van der Waals surface area contributed by atoms with E-state index in [9.17, 15) is 8.42 Å². The molecule has 0 bridgehead atoms. The van der Waals surface area contributed by atoms with Gasteiger partial charge in [-0.15, -0.1) is 0 Å². The largest absolute Gasteiger partial charge is 0.396 e. The van der Waals surface area contributed by atoms with Gasteiger partial charge in [-0.1, -0.05) is 23.2 Å². The van der Waals surface area contributed by atoms with Crippen LogP contribution in [0.3, 0.4) is 0 Å². The quantitative estimate of drug-likeness (QED) is 0.771. The van der Waals surface area contributed by atoms with E-state index in [1.807, 2.05) is 0 Å². The molecule has 0 aromatic carbocycles. The monoisotopic (exact) mass is 265 g/mol. The Bertz CT molecular complexity index is 563. The molecule has 1 aromatic rings. The number of halogens is 2. The third kappa shape index (κ3) is 2.15. The van der Waals surface area contributed by atoms with Crippen molar-refractivity contribution >= 4 is 38.7 Å². The molecule has 0 spiro atoms. The lowest BCUT2D eigenvalue weighted by molar-refractivity contribution is 0.602. The first-order chi connectivity index (χ1) is 6.79. The molecule has 5 nitrogen and oxygen atoms in total. The van der Waals surface area contributed by atoms with Gasteiger partial charge in [0, 0.05) is 6.26 Å². The molecule has 0 amide bonds. The summed E-state index contributed by atoms with van der Waals surface area (Å²) in [6, 6.07) is 1.66. The lowest BCUT2D eigenvalue weighted by atomic mass is 10.2. The number of nitrogens with two attached hydrogens (primary N) is 1. The molecule has 8 heteroatoms. The zero-order chi connectivity index (χ0) is 11.8. The Kier molecular flexibility index (Phi) is 3.09. The summed E-state index contributed by atoms with van der Waals surface area (Å²) in [5.41, 5.74) is 5.00. The molecular formula is C7H5Cl2N3O2S. The van der Waals surface area contributed by atoms with Crippen LogP contribution in [0.5, 0.6) is 0 Å². The summed E-state index contributed by atoms with van der Waals surface area (Å²) in [6.07, 6.45) is 0.918. The Morgan fingerprint density at radius 1 is 1.40 bits per heavy atom. The van der Waals surface area contributed by atoms with Crippen molar-refractivity contribution in [3.05, 3.63) is 15.9 Å². The molecule has 0 aliphatic rings. The van der Waals surface area contributed by atoms with Gasteiger partial charge in [0.05, 0.1) is 5.69 Å². The minimum atomic E-state index is -3.64. The Morgan fingerprint density at radius 3 is 2.33 bits per heavy atom. The van der Waals surface area contributed by atoms with Crippen LogP contribution in [-0.4, -0.2) is 19.7 Å². The lowest BCUT2D eigenvalue weighted by Gasteiger charge is -2.07. The van der Waals surface area contributed by atoms with E-state index in [0.29, 0.717) is 0 Å². The van der Waals surface area contributed by atoms with Crippen molar-refractivity contribution < 1.29 is 8.42 Å². The summed E-state index contributed by atoms with van der Waals surface area (Å²) < 4.78 is 22.6. The number of sulfone groups is 1. The maximum absolute atomic E-state index is 11.3. The summed E-state index contributed by atoms with van der Waals surface area (Å²) in [6.45, 7) is 0. The van der Waals surface area contributed by atoms with Crippen molar-refractivity contribution in [3.63, 3.8) is 0 Å². The summed E-state index contributed by atoms with van der Waals surface area (Å²) in [4.78, 5) is 3.15. The molecule has 1 aromatic heterocycles. The molecule has 0 unspecified atom stereocenters. The molecule has 80 valence electrons. The van der Waals surface area contributed by atoms with Crippen LogP contribution >= 0.6 is 23.2 Å². The maximum Gasteiger partial charge on any atom is 0.180 e. The van der Waals surface area contributed by atoms with E-state index < -0.39 is 9.84 Å². The zero-order valence-electron chi connectivity index (χ0n) is 7.45. The predicted molar refractivity (Wildman–Crippen MR) is 56.5 cm³/mol. The maximum atomic E-state index is 11.3. The molecule has 0 saturated carbocycles. The van der Waals surface area contributed by atoms with E-state index in [-0.39, 0.29) is 26.5 Å². The first-order valence-corrected chi connectivity index (χ1v) is 6.18. The highest BCUT2D eigenvalue weighted by molar-refractivity contribution is 7.91. The van der Waals surface area contributed by atoms with Crippen LogP contribution in [0.25, 0.3) is 0 Å². The molecular weight excluding hydrogens is 261 g/mol. The average Bonchev–Trinajstić information content (AvgIpc) is 2.00. The molecule has 15 heavy (non-hydrogen) atoms. The van der Waals surface area contributed by atoms with E-state index in [1.165, 1.54) is 0 Å². The molecule has 1 rings (SSSR count). The predicted octanol–water partition coefficient (Wildman–Crippen LogP) is 1.25. The second-order valence-corrected chi connectivity index (χ2v) is 5.36. The Labute approximate surface area is 96.3 Å². The number of nitrogens with zero attached hydrogens (tertiary/aromatic N) is 2. The van der Waals surface area contributed by atoms with Gasteiger partial charge in [0.1, 0.15) is 16.5 Å². The number of aromatic nitrogens is 1. The van der Waals surface area contributed by atoms with Gasteiger partial charge in [-0.05, 0) is 0 Å². The third-order valence-corrected chi connectivity index (χ3v) is 3.40. The number of nitriles is 1. The smallest absolute Gasteiger partial charge is 0.180 e. The van der Waals surface area contributed by atoms with Gasteiger partial charge in [0.25, 0.3) is 0 Å². The number of anilines is 1. The normalized spacial score (nSPS) is 11.1. The zero-order valence-corrected chi connectivity index (χ0v) is 9.78. The summed E-state index contributed by atoms with van der Waals surface area (Å²) in [7, 11) is -3.64. The third-order valence-electron chi connectivity index (χ3n) is 1.59. The fourth-order valence-corrected chi connectivity index (χ4v) is 2.72. The molecule has 0 aliphatic carbocycles. The van der Waals surface area contributed by atoms with Gasteiger partial charge in [0.2, 0.25) is 0 Å². The van der Waals surface area contributed by atoms with Crippen molar-refractivity contribution in [2.24, 2.45) is 0 Å². The first-order valence-electron chi connectivity index (χ1n) is 3.53. The first kappa shape index (κ1) is 12.0. The molecule has 0 radical (unpaired) electrons. The molecule has 0 fully saturated rings. The van der Waals surface area contributed by atoms with Gasteiger partial charge in [-0.3, -0.25) is 0 Å². The second-order valence-electron chi connectivity index (χ2n) is 2.70. The van der Waals surface area contributed by atoms with E-state index >= 15 is 0 Å². The molecule has 0 atom stereocenters.